The van der Waals surface area contributed by atoms with Crippen LogP contribution in [0, 0.1) is 17.8 Å². The number of carboxylic acid groups (broad SMARTS) is 1. The molecule has 0 aromatic heterocycles. The van der Waals surface area contributed by atoms with Crippen molar-refractivity contribution in [1.29, 1.82) is 0 Å². The Morgan fingerprint density at radius 2 is 2.00 bits per heavy atom. The minimum Gasteiger partial charge on any atom is -0.481 e. The number of carbonyl (C=O) groups excluding carboxylic acids is 1. The summed E-state index contributed by atoms with van der Waals surface area (Å²) in [4.78, 5) is 24.0. The first-order valence-electron chi connectivity index (χ1n) is 6.05. The van der Waals surface area contributed by atoms with Gasteiger partial charge in [0.25, 0.3) is 0 Å². The molecule has 4 nitrogen and oxygen atoms in total. The molecule has 0 spiro atoms. The Morgan fingerprint density at radius 1 is 1.31 bits per heavy atom. The second-order valence-corrected chi connectivity index (χ2v) is 5.11. The van der Waals surface area contributed by atoms with Crippen LogP contribution in [0.1, 0.15) is 32.6 Å². The van der Waals surface area contributed by atoms with Gasteiger partial charge in [0.2, 0.25) is 5.91 Å². The maximum Gasteiger partial charge on any atom is 0.303 e. The highest BCUT2D eigenvalue weighted by atomic mass is 16.4. The predicted molar refractivity (Wildman–Crippen MR) is 58.8 cm³/mol. The van der Waals surface area contributed by atoms with Gasteiger partial charge in [-0.1, -0.05) is 0 Å². The van der Waals surface area contributed by atoms with Crippen LogP contribution in [0.3, 0.4) is 0 Å². The third kappa shape index (κ3) is 2.54. The van der Waals surface area contributed by atoms with Crippen molar-refractivity contribution in [1.82, 2.24) is 4.90 Å². The van der Waals surface area contributed by atoms with Crippen molar-refractivity contribution in [2.24, 2.45) is 17.8 Å². The number of hydrogen-bond acceptors (Lipinski definition) is 2. The predicted octanol–water partition coefficient (Wildman–Crippen LogP) is 1.36. The van der Waals surface area contributed by atoms with Gasteiger partial charge < -0.3 is 10.0 Å². The molecule has 0 unspecified atom stereocenters. The lowest BCUT2D eigenvalue weighted by Gasteiger charge is -2.38. The first kappa shape index (κ1) is 11.4. The van der Waals surface area contributed by atoms with Gasteiger partial charge in [0.05, 0.1) is 0 Å². The molecule has 4 heteroatoms. The quantitative estimate of drug-likeness (QED) is 0.789. The molecule has 0 radical (unpaired) electrons. The fourth-order valence-electron chi connectivity index (χ4n) is 2.85. The smallest absolute Gasteiger partial charge is 0.303 e. The lowest BCUT2D eigenvalue weighted by molar-refractivity contribution is -0.139. The van der Waals surface area contributed by atoms with Crippen LogP contribution in [0.4, 0.5) is 0 Å². The van der Waals surface area contributed by atoms with Crippen LogP contribution in [0.5, 0.6) is 0 Å². The van der Waals surface area contributed by atoms with Gasteiger partial charge in [0, 0.05) is 26.4 Å². The molecule has 2 fully saturated rings. The number of nitrogens with zero attached hydrogens (tertiary/aromatic N) is 1. The Bertz CT molecular complexity index is 299. The first-order chi connectivity index (χ1) is 7.58. The molecule has 2 aliphatic rings. The topological polar surface area (TPSA) is 57.6 Å². The summed E-state index contributed by atoms with van der Waals surface area (Å²) in [6.07, 6.45) is 3.55. The average molecular weight is 225 g/mol. The van der Waals surface area contributed by atoms with Gasteiger partial charge in [-0.3, -0.25) is 9.59 Å². The summed E-state index contributed by atoms with van der Waals surface area (Å²) >= 11 is 0. The van der Waals surface area contributed by atoms with Gasteiger partial charge >= 0.3 is 5.97 Å². The molecule has 0 aromatic rings. The highest BCUT2D eigenvalue weighted by molar-refractivity contribution is 5.73. The zero-order chi connectivity index (χ0) is 11.7. The number of aliphatic carboxylic acids is 1. The summed E-state index contributed by atoms with van der Waals surface area (Å²) < 4.78 is 0. The van der Waals surface area contributed by atoms with Crippen molar-refractivity contribution in [3.05, 3.63) is 0 Å². The van der Waals surface area contributed by atoms with Crippen LogP contribution in [-0.4, -0.2) is 35.0 Å². The van der Waals surface area contributed by atoms with Gasteiger partial charge in [-0.2, -0.15) is 0 Å². The van der Waals surface area contributed by atoms with E-state index in [0.717, 1.165) is 19.5 Å². The van der Waals surface area contributed by atoms with E-state index >= 15 is 0 Å². The van der Waals surface area contributed by atoms with E-state index in [2.05, 4.69) is 0 Å². The summed E-state index contributed by atoms with van der Waals surface area (Å²) in [6, 6.07) is 0. The van der Waals surface area contributed by atoms with Gasteiger partial charge in [-0.15, -0.1) is 0 Å². The van der Waals surface area contributed by atoms with Crippen molar-refractivity contribution >= 4 is 11.9 Å². The monoisotopic (exact) mass is 225 g/mol. The average Bonchev–Trinajstić information content (AvgIpc) is 3.00. The van der Waals surface area contributed by atoms with Crippen LogP contribution in [0.2, 0.25) is 0 Å². The molecule has 1 amide bonds. The van der Waals surface area contributed by atoms with Crippen LogP contribution in [0.25, 0.3) is 0 Å². The molecule has 16 heavy (non-hydrogen) atoms. The molecule has 2 atom stereocenters. The molecular weight excluding hydrogens is 206 g/mol. The second-order valence-electron chi connectivity index (χ2n) is 5.11. The first-order valence-corrected chi connectivity index (χ1v) is 6.05. The number of hydrogen-bond donors (Lipinski definition) is 1. The molecule has 0 aromatic carbocycles. The minimum absolute atomic E-state index is 0.124. The van der Waals surface area contributed by atoms with E-state index in [1.807, 2.05) is 4.90 Å². The summed E-state index contributed by atoms with van der Waals surface area (Å²) in [5.41, 5.74) is 0. The highest BCUT2D eigenvalue weighted by Gasteiger charge is 2.41. The van der Waals surface area contributed by atoms with E-state index in [-0.39, 0.29) is 18.2 Å². The molecule has 1 saturated heterocycles. The van der Waals surface area contributed by atoms with Crippen molar-refractivity contribution in [3.8, 4) is 0 Å². The fraction of sp³-hybridized carbons (Fsp3) is 0.833. The third-order valence-corrected chi connectivity index (χ3v) is 3.92. The zero-order valence-corrected chi connectivity index (χ0v) is 9.69. The molecule has 0 bridgehead atoms. The molecule has 1 aliphatic heterocycles. The van der Waals surface area contributed by atoms with Crippen LogP contribution in [0.15, 0.2) is 0 Å². The molecule has 1 heterocycles. The Morgan fingerprint density at radius 3 is 2.50 bits per heavy atom. The summed E-state index contributed by atoms with van der Waals surface area (Å²) in [5, 5.41) is 8.88. The highest BCUT2D eigenvalue weighted by Crippen LogP contribution is 2.44. The molecule has 1 aliphatic carbocycles. The normalized spacial score (nSPS) is 30.2. The molecule has 90 valence electrons. The molecule has 1 N–H and O–H groups in total. The standard InChI is InChI=1S/C12H19NO3/c1-8(14)13-5-4-10(6-12(15)16)11(7-13)9-2-3-9/h9-11H,2-7H2,1H3,(H,15,16)/t10-,11+/m0/s1. The van der Waals surface area contributed by atoms with Gasteiger partial charge in [0.15, 0.2) is 0 Å². The number of rotatable bonds is 3. The Kier molecular flexibility index (Phi) is 3.17. The van der Waals surface area contributed by atoms with Gasteiger partial charge in [-0.05, 0) is 37.0 Å². The second kappa shape index (κ2) is 4.44. The van der Waals surface area contributed by atoms with E-state index in [0.29, 0.717) is 11.8 Å². The summed E-state index contributed by atoms with van der Waals surface area (Å²) in [5.74, 6) is 0.798. The largest absolute Gasteiger partial charge is 0.481 e. The van der Waals surface area contributed by atoms with E-state index < -0.39 is 5.97 Å². The maximum absolute atomic E-state index is 11.3. The van der Waals surface area contributed by atoms with Crippen LogP contribution in [-0.2, 0) is 9.59 Å². The zero-order valence-electron chi connectivity index (χ0n) is 9.69. The summed E-state index contributed by atoms with van der Waals surface area (Å²) in [7, 11) is 0. The van der Waals surface area contributed by atoms with E-state index in [1.165, 1.54) is 12.8 Å². The number of amides is 1. The van der Waals surface area contributed by atoms with Crippen molar-refractivity contribution in [2.45, 2.75) is 32.6 Å². The van der Waals surface area contributed by atoms with E-state index in [1.54, 1.807) is 6.92 Å². The maximum atomic E-state index is 11.3. The number of piperidine rings is 1. The van der Waals surface area contributed by atoms with Crippen LogP contribution < -0.4 is 0 Å². The third-order valence-electron chi connectivity index (χ3n) is 3.92. The van der Waals surface area contributed by atoms with E-state index in [4.69, 9.17) is 5.11 Å². The Labute approximate surface area is 95.6 Å². The number of carboxylic acids is 1. The minimum atomic E-state index is -0.702. The van der Waals surface area contributed by atoms with Crippen molar-refractivity contribution in [2.75, 3.05) is 13.1 Å². The lowest BCUT2D eigenvalue weighted by atomic mass is 9.80. The Hall–Kier alpha value is -1.06. The van der Waals surface area contributed by atoms with Gasteiger partial charge in [-0.25, -0.2) is 0 Å². The Balaban J connectivity index is 1.99. The lowest BCUT2D eigenvalue weighted by Crippen LogP contribution is -2.44. The SMILES string of the molecule is CC(=O)N1CC[C@@H](CC(=O)O)[C@@H](C2CC2)C1. The van der Waals surface area contributed by atoms with Gasteiger partial charge in [0.1, 0.15) is 0 Å². The summed E-state index contributed by atoms with van der Waals surface area (Å²) in [6.45, 7) is 3.11. The van der Waals surface area contributed by atoms with E-state index in [9.17, 15) is 9.59 Å². The number of carbonyl (C=O) groups is 2. The molecular formula is C12H19NO3. The van der Waals surface area contributed by atoms with Crippen molar-refractivity contribution in [3.63, 3.8) is 0 Å². The van der Waals surface area contributed by atoms with Crippen LogP contribution >= 0.6 is 0 Å². The molecule has 2 rings (SSSR count). The van der Waals surface area contributed by atoms with Crippen molar-refractivity contribution < 1.29 is 14.7 Å². The molecule has 1 saturated carbocycles. The number of likely N-dealkylation sites (tertiary alicyclic amines) is 1. The fourth-order valence-corrected chi connectivity index (χ4v) is 2.85.